The topological polar surface area (TPSA) is 97.3 Å². The van der Waals surface area contributed by atoms with Gasteiger partial charge in [-0.25, -0.2) is 13.8 Å². The number of anilines is 3. The van der Waals surface area contributed by atoms with E-state index in [0.717, 1.165) is 4.47 Å². The molecule has 1 aliphatic carbocycles. The lowest BCUT2D eigenvalue weighted by molar-refractivity contribution is -0.192. The van der Waals surface area contributed by atoms with Gasteiger partial charge in [-0.3, -0.25) is 9.59 Å². The summed E-state index contributed by atoms with van der Waals surface area (Å²) in [5, 5.41) is 8.37. The quantitative estimate of drug-likeness (QED) is 0.148. The van der Waals surface area contributed by atoms with E-state index in [-0.39, 0.29) is 41.7 Å². The number of ether oxygens (including phenoxy) is 1. The van der Waals surface area contributed by atoms with Gasteiger partial charge in [0.15, 0.2) is 0 Å². The number of nitrogens with one attached hydrogen (secondary N) is 3. The van der Waals surface area contributed by atoms with Crippen molar-refractivity contribution < 1.29 is 36.3 Å². The first-order valence-corrected chi connectivity index (χ1v) is 14.3. The molecule has 15 heteroatoms. The van der Waals surface area contributed by atoms with Gasteiger partial charge in [0.25, 0.3) is 12.3 Å². The van der Waals surface area contributed by atoms with Crippen molar-refractivity contribution in [1.29, 1.82) is 0 Å². The Balaban J connectivity index is 1.40. The minimum absolute atomic E-state index is 0.0196. The lowest BCUT2D eigenvalue weighted by atomic mass is 10.1. The van der Waals surface area contributed by atoms with Crippen LogP contribution >= 0.6 is 27.5 Å². The SMILES string of the molecule is Cn1c(Nc2cc(CNC(=O)C3(C(F)(F)F)CC3)ccc2Cl)nc2cc(C(=O)Nc3ccc(Br)cc3)c(OCC(F)F)cc21. The van der Waals surface area contributed by atoms with Gasteiger partial charge in [-0.05, 0) is 60.9 Å². The Kier molecular flexibility index (Phi) is 8.76. The molecule has 0 bridgehead atoms. The van der Waals surface area contributed by atoms with Gasteiger partial charge < -0.3 is 25.3 Å². The van der Waals surface area contributed by atoms with Crippen LogP contribution in [0.2, 0.25) is 5.02 Å². The van der Waals surface area contributed by atoms with Crippen LogP contribution in [0.4, 0.5) is 39.3 Å². The molecule has 0 saturated heterocycles. The Labute approximate surface area is 261 Å². The van der Waals surface area contributed by atoms with Crippen molar-refractivity contribution >= 4 is 67.7 Å². The number of carbonyl (C=O) groups excluding carboxylic acids is 2. The van der Waals surface area contributed by atoms with E-state index in [1.165, 1.54) is 18.2 Å². The number of aromatic nitrogens is 2. The fourth-order valence-corrected chi connectivity index (χ4v) is 4.96. The van der Waals surface area contributed by atoms with E-state index in [0.29, 0.717) is 28.0 Å². The lowest BCUT2D eigenvalue weighted by Crippen LogP contribution is -2.40. The van der Waals surface area contributed by atoms with Crippen LogP contribution in [0.25, 0.3) is 11.0 Å². The highest BCUT2D eigenvalue weighted by atomic mass is 79.9. The Hall–Kier alpha value is -3.91. The van der Waals surface area contributed by atoms with E-state index in [1.54, 1.807) is 48.0 Å². The Morgan fingerprint density at radius 3 is 2.45 bits per heavy atom. The van der Waals surface area contributed by atoms with Crippen molar-refractivity contribution in [3.05, 3.63) is 75.2 Å². The van der Waals surface area contributed by atoms with Crippen molar-refractivity contribution in [2.75, 3.05) is 17.2 Å². The average Bonchev–Trinajstić information content (AvgIpc) is 3.74. The fraction of sp³-hybridized carbons (Fsp3) is 0.276. The van der Waals surface area contributed by atoms with Crippen molar-refractivity contribution in [2.45, 2.75) is 32.0 Å². The van der Waals surface area contributed by atoms with Crippen molar-refractivity contribution in [3.63, 3.8) is 0 Å². The number of hydrogen-bond acceptors (Lipinski definition) is 5. The van der Waals surface area contributed by atoms with E-state index in [4.69, 9.17) is 16.3 Å². The number of imidazole rings is 1. The number of aryl methyl sites for hydroxylation is 1. The van der Waals surface area contributed by atoms with Crippen LogP contribution in [0.15, 0.2) is 59.1 Å². The molecule has 1 heterocycles. The summed E-state index contributed by atoms with van der Waals surface area (Å²) in [6, 6.07) is 14.3. The minimum Gasteiger partial charge on any atom is -0.487 e. The van der Waals surface area contributed by atoms with Crippen molar-refractivity contribution in [2.24, 2.45) is 12.5 Å². The second kappa shape index (κ2) is 12.2. The van der Waals surface area contributed by atoms with Crippen LogP contribution in [0.1, 0.15) is 28.8 Å². The van der Waals surface area contributed by atoms with Gasteiger partial charge in [0.2, 0.25) is 11.9 Å². The van der Waals surface area contributed by atoms with E-state index in [1.807, 2.05) is 0 Å². The molecule has 44 heavy (non-hydrogen) atoms. The zero-order valence-electron chi connectivity index (χ0n) is 22.9. The first-order chi connectivity index (χ1) is 20.8. The molecule has 5 rings (SSSR count). The third-order valence-electron chi connectivity index (χ3n) is 7.15. The molecule has 1 aromatic heterocycles. The number of halogens is 7. The van der Waals surface area contributed by atoms with E-state index >= 15 is 0 Å². The molecule has 1 fully saturated rings. The molecule has 0 unspecified atom stereocenters. The summed E-state index contributed by atoms with van der Waals surface area (Å²) < 4.78 is 73.6. The maximum atomic E-state index is 13.3. The molecule has 232 valence electrons. The largest absolute Gasteiger partial charge is 0.487 e. The molecule has 3 N–H and O–H groups in total. The number of rotatable bonds is 10. The molecule has 0 atom stereocenters. The molecule has 8 nitrogen and oxygen atoms in total. The summed E-state index contributed by atoms with van der Waals surface area (Å²) in [5.74, 6) is -1.50. The molecule has 1 saturated carbocycles. The highest BCUT2D eigenvalue weighted by molar-refractivity contribution is 9.10. The molecule has 4 aromatic rings. The Bertz CT molecular complexity index is 1730. The van der Waals surface area contributed by atoms with Gasteiger partial charge in [0.1, 0.15) is 17.8 Å². The van der Waals surface area contributed by atoms with Gasteiger partial charge in [0, 0.05) is 29.8 Å². The van der Waals surface area contributed by atoms with Gasteiger partial charge >= 0.3 is 6.18 Å². The summed E-state index contributed by atoms with van der Waals surface area (Å²) in [7, 11) is 1.64. The highest BCUT2D eigenvalue weighted by Crippen LogP contribution is 2.57. The average molecular weight is 701 g/mol. The molecule has 3 aromatic carbocycles. The third kappa shape index (κ3) is 6.60. The van der Waals surface area contributed by atoms with Crippen LogP contribution in [0.3, 0.4) is 0 Å². The van der Waals surface area contributed by atoms with Crippen molar-refractivity contribution in [1.82, 2.24) is 14.9 Å². The van der Waals surface area contributed by atoms with E-state index in [9.17, 15) is 31.5 Å². The zero-order chi connectivity index (χ0) is 31.8. The summed E-state index contributed by atoms with van der Waals surface area (Å²) in [6.07, 6.45) is -7.89. The van der Waals surface area contributed by atoms with E-state index in [2.05, 4.69) is 36.9 Å². The molecular weight excluding hydrogens is 677 g/mol. The van der Waals surface area contributed by atoms with Gasteiger partial charge in [-0.1, -0.05) is 33.6 Å². The second-order valence-corrected chi connectivity index (χ2v) is 11.5. The van der Waals surface area contributed by atoms with Crippen molar-refractivity contribution in [3.8, 4) is 5.75 Å². The zero-order valence-corrected chi connectivity index (χ0v) is 25.2. The van der Waals surface area contributed by atoms with Gasteiger partial charge in [-0.2, -0.15) is 13.2 Å². The fourth-order valence-electron chi connectivity index (χ4n) is 4.53. The minimum atomic E-state index is -4.62. The number of fused-ring (bicyclic) bond motifs is 1. The summed E-state index contributed by atoms with van der Waals surface area (Å²) >= 11 is 9.69. The number of amides is 2. The maximum Gasteiger partial charge on any atom is 0.403 e. The van der Waals surface area contributed by atoms with Crippen LogP contribution in [-0.4, -0.2) is 40.6 Å². The number of hydrogen-bond donors (Lipinski definition) is 3. The summed E-state index contributed by atoms with van der Waals surface area (Å²) in [4.78, 5) is 29.9. The molecule has 1 aliphatic rings. The van der Waals surface area contributed by atoms with E-state index < -0.39 is 36.4 Å². The Morgan fingerprint density at radius 1 is 1.11 bits per heavy atom. The molecule has 2 amide bonds. The predicted molar refractivity (Wildman–Crippen MR) is 159 cm³/mol. The molecular formula is C29H24BrClF5N5O3. The first-order valence-electron chi connectivity index (χ1n) is 13.2. The predicted octanol–water partition coefficient (Wildman–Crippen LogP) is 7.59. The smallest absolute Gasteiger partial charge is 0.403 e. The third-order valence-corrected chi connectivity index (χ3v) is 8.01. The highest BCUT2D eigenvalue weighted by Gasteiger charge is 2.68. The number of carbonyl (C=O) groups is 2. The monoisotopic (exact) mass is 699 g/mol. The second-order valence-electron chi connectivity index (χ2n) is 10.2. The summed E-state index contributed by atoms with van der Waals surface area (Å²) in [6.45, 7) is -1.09. The van der Waals surface area contributed by atoms with Crippen LogP contribution < -0.4 is 20.7 Å². The summed E-state index contributed by atoms with van der Waals surface area (Å²) in [5.41, 5.74) is -0.279. The van der Waals surface area contributed by atoms with Gasteiger partial charge in [0.05, 0.1) is 27.3 Å². The van der Waals surface area contributed by atoms with Gasteiger partial charge in [-0.15, -0.1) is 0 Å². The standard InChI is InChI=1S/C29H24BrClF5N5O3/c1-41-22-12-23(44-14-24(32)33)18(25(42)38-17-5-3-16(30)4-6-17)11-21(22)40-27(41)39-20-10-15(2-7-19(20)31)13-37-26(43)28(8-9-28)29(34,35)36/h2-7,10-12,24H,8-9,13-14H2,1H3,(H,37,43)(H,38,42)(H,39,40). The Morgan fingerprint density at radius 2 is 1.82 bits per heavy atom. The maximum absolute atomic E-state index is 13.3. The van der Waals surface area contributed by atoms with Crippen LogP contribution in [0.5, 0.6) is 5.75 Å². The molecule has 0 radical (unpaired) electrons. The number of benzene rings is 3. The van der Waals surface area contributed by atoms with Crippen LogP contribution in [0, 0.1) is 5.41 Å². The number of nitrogens with zero attached hydrogens (tertiary/aromatic N) is 2. The first kappa shape index (κ1) is 31.5. The number of alkyl halides is 5. The van der Waals surface area contributed by atoms with Crippen LogP contribution in [-0.2, 0) is 18.4 Å². The molecule has 0 spiro atoms. The lowest BCUT2D eigenvalue weighted by Gasteiger charge is -2.18. The normalized spacial score (nSPS) is 14.0. The molecule has 0 aliphatic heterocycles.